The standard InChI is InChI=1S/C13H25N5/c1-4-18(5-2)7-6-12(17-15)11-8-10(3)9-16-13(11)14/h8-9,12,17H,4-7,15H2,1-3H3,(H2,14,16). The van der Waals surface area contributed by atoms with Gasteiger partial charge in [0.05, 0.1) is 6.04 Å². The second kappa shape index (κ2) is 7.31. The molecule has 1 atom stereocenters. The van der Waals surface area contributed by atoms with Gasteiger partial charge in [-0.2, -0.15) is 0 Å². The number of aryl methyl sites for hydroxylation is 1. The Hall–Kier alpha value is -1.17. The summed E-state index contributed by atoms with van der Waals surface area (Å²) in [6.07, 6.45) is 2.70. The summed E-state index contributed by atoms with van der Waals surface area (Å²) in [4.78, 5) is 6.55. The lowest BCUT2D eigenvalue weighted by atomic mass is 10.0. The molecule has 0 aliphatic rings. The monoisotopic (exact) mass is 251 g/mol. The summed E-state index contributed by atoms with van der Waals surface area (Å²) >= 11 is 0. The summed E-state index contributed by atoms with van der Waals surface area (Å²) in [5.74, 6) is 6.20. The highest BCUT2D eigenvalue weighted by Gasteiger charge is 2.15. The topological polar surface area (TPSA) is 80.2 Å². The lowest BCUT2D eigenvalue weighted by Gasteiger charge is -2.23. The van der Waals surface area contributed by atoms with Gasteiger partial charge in [0.1, 0.15) is 5.82 Å². The first kappa shape index (κ1) is 14.9. The smallest absolute Gasteiger partial charge is 0.128 e. The first-order valence-electron chi connectivity index (χ1n) is 6.52. The van der Waals surface area contributed by atoms with Crippen LogP contribution in [0.3, 0.4) is 0 Å². The molecule has 0 bridgehead atoms. The SMILES string of the molecule is CCN(CC)CCC(NN)c1cc(C)cnc1N. The van der Waals surface area contributed by atoms with Gasteiger partial charge < -0.3 is 10.6 Å². The van der Waals surface area contributed by atoms with E-state index in [1.807, 2.05) is 6.92 Å². The molecule has 0 saturated carbocycles. The van der Waals surface area contributed by atoms with E-state index in [1.54, 1.807) is 6.20 Å². The van der Waals surface area contributed by atoms with Crippen molar-refractivity contribution < 1.29 is 0 Å². The third-order valence-corrected chi connectivity index (χ3v) is 3.29. The number of aromatic nitrogens is 1. The molecule has 1 rings (SSSR count). The van der Waals surface area contributed by atoms with Crippen LogP contribution in [0.5, 0.6) is 0 Å². The predicted molar refractivity (Wildman–Crippen MR) is 75.9 cm³/mol. The number of nitrogens with zero attached hydrogens (tertiary/aromatic N) is 2. The van der Waals surface area contributed by atoms with Crippen LogP contribution in [0.2, 0.25) is 0 Å². The maximum Gasteiger partial charge on any atom is 0.128 e. The van der Waals surface area contributed by atoms with Crippen LogP contribution >= 0.6 is 0 Å². The van der Waals surface area contributed by atoms with Crippen molar-refractivity contribution in [3.8, 4) is 0 Å². The van der Waals surface area contributed by atoms with E-state index < -0.39 is 0 Å². The van der Waals surface area contributed by atoms with E-state index >= 15 is 0 Å². The summed E-state index contributed by atoms with van der Waals surface area (Å²) in [7, 11) is 0. The quantitative estimate of drug-likeness (QED) is 0.501. The molecule has 1 heterocycles. The van der Waals surface area contributed by atoms with Crippen molar-refractivity contribution in [3.05, 3.63) is 23.4 Å². The Morgan fingerprint density at radius 1 is 1.39 bits per heavy atom. The normalized spacial score (nSPS) is 12.9. The predicted octanol–water partition coefficient (Wildman–Crippen LogP) is 1.21. The lowest BCUT2D eigenvalue weighted by Crippen LogP contribution is -2.33. The van der Waals surface area contributed by atoms with Gasteiger partial charge >= 0.3 is 0 Å². The average molecular weight is 251 g/mol. The molecule has 0 spiro atoms. The minimum Gasteiger partial charge on any atom is -0.383 e. The van der Waals surface area contributed by atoms with Gasteiger partial charge in [0, 0.05) is 11.8 Å². The number of rotatable bonds is 7. The van der Waals surface area contributed by atoms with Gasteiger partial charge in [-0.05, 0) is 44.6 Å². The summed E-state index contributed by atoms with van der Waals surface area (Å²) in [5.41, 5.74) is 10.9. The first-order chi connectivity index (χ1) is 8.62. The van der Waals surface area contributed by atoms with Gasteiger partial charge in [-0.25, -0.2) is 4.98 Å². The van der Waals surface area contributed by atoms with E-state index in [2.05, 4.69) is 35.2 Å². The van der Waals surface area contributed by atoms with Gasteiger partial charge in [0.15, 0.2) is 0 Å². The van der Waals surface area contributed by atoms with E-state index in [0.29, 0.717) is 5.82 Å². The molecule has 1 aromatic heterocycles. The van der Waals surface area contributed by atoms with Crippen LogP contribution in [0.25, 0.3) is 0 Å². The summed E-state index contributed by atoms with van der Waals surface area (Å²) in [6.45, 7) is 9.43. The molecular weight excluding hydrogens is 226 g/mol. The van der Waals surface area contributed by atoms with Gasteiger partial charge in [0.2, 0.25) is 0 Å². The fourth-order valence-corrected chi connectivity index (χ4v) is 2.06. The molecule has 5 heteroatoms. The molecule has 18 heavy (non-hydrogen) atoms. The summed E-state index contributed by atoms with van der Waals surface area (Å²) < 4.78 is 0. The van der Waals surface area contributed by atoms with Crippen molar-refractivity contribution in [3.63, 3.8) is 0 Å². The average Bonchev–Trinajstić information content (AvgIpc) is 2.38. The van der Waals surface area contributed by atoms with Crippen molar-refractivity contribution in [1.29, 1.82) is 0 Å². The Kier molecular flexibility index (Phi) is 6.04. The largest absolute Gasteiger partial charge is 0.383 e. The van der Waals surface area contributed by atoms with E-state index in [9.17, 15) is 0 Å². The Labute approximate surface area is 110 Å². The molecule has 0 amide bonds. The Morgan fingerprint density at radius 2 is 2.06 bits per heavy atom. The zero-order valence-electron chi connectivity index (χ0n) is 11.6. The molecule has 5 nitrogen and oxygen atoms in total. The number of nitrogens with two attached hydrogens (primary N) is 2. The molecule has 0 aliphatic heterocycles. The molecule has 0 aliphatic carbocycles. The van der Waals surface area contributed by atoms with Crippen LogP contribution in [0.1, 0.15) is 37.4 Å². The molecule has 0 saturated heterocycles. The van der Waals surface area contributed by atoms with Crippen molar-refractivity contribution in [2.75, 3.05) is 25.4 Å². The number of hydrogen-bond donors (Lipinski definition) is 3. The molecule has 1 unspecified atom stereocenters. The van der Waals surface area contributed by atoms with E-state index in [1.165, 1.54) is 0 Å². The number of hydrazine groups is 1. The minimum absolute atomic E-state index is 0.0537. The van der Waals surface area contributed by atoms with Gasteiger partial charge in [-0.3, -0.25) is 11.3 Å². The Morgan fingerprint density at radius 3 is 2.61 bits per heavy atom. The maximum absolute atomic E-state index is 5.92. The van der Waals surface area contributed by atoms with Crippen LogP contribution in [0.4, 0.5) is 5.82 Å². The van der Waals surface area contributed by atoms with Gasteiger partial charge in [-0.1, -0.05) is 13.8 Å². The van der Waals surface area contributed by atoms with Crippen LogP contribution in [-0.2, 0) is 0 Å². The molecule has 102 valence electrons. The number of pyridine rings is 1. The highest BCUT2D eigenvalue weighted by molar-refractivity contribution is 5.42. The maximum atomic E-state index is 5.92. The zero-order chi connectivity index (χ0) is 13.5. The highest BCUT2D eigenvalue weighted by atomic mass is 15.2. The van der Waals surface area contributed by atoms with E-state index in [-0.39, 0.29) is 6.04 Å². The van der Waals surface area contributed by atoms with Gasteiger partial charge in [0.25, 0.3) is 0 Å². The second-order valence-corrected chi connectivity index (χ2v) is 4.52. The van der Waals surface area contributed by atoms with Crippen molar-refractivity contribution >= 4 is 5.82 Å². The fourth-order valence-electron chi connectivity index (χ4n) is 2.06. The second-order valence-electron chi connectivity index (χ2n) is 4.52. The molecule has 0 fully saturated rings. The molecule has 0 radical (unpaired) electrons. The Balaban J connectivity index is 2.73. The van der Waals surface area contributed by atoms with Gasteiger partial charge in [-0.15, -0.1) is 0 Å². The number of nitrogens with one attached hydrogen (secondary N) is 1. The molecular formula is C13H25N5. The summed E-state index contributed by atoms with van der Waals surface area (Å²) in [6, 6.07) is 2.10. The molecule has 0 aromatic carbocycles. The number of nitrogen functional groups attached to an aromatic ring is 1. The highest BCUT2D eigenvalue weighted by Crippen LogP contribution is 2.22. The lowest BCUT2D eigenvalue weighted by molar-refractivity contribution is 0.282. The molecule has 5 N–H and O–H groups in total. The van der Waals surface area contributed by atoms with Crippen LogP contribution in [-0.4, -0.2) is 29.5 Å². The van der Waals surface area contributed by atoms with Crippen LogP contribution in [0, 0.1) is 6.92 Å². The zero-order valence-corrected chi connectivity index (χ0v) is 11.6. The van der Waals surface area contributed by atoms with Crippen molar-refractivity contribution in [1.82, 2.24) is 15.3 Å². The van der Waals surface area contributed by atoms with Crippen LogP contribution < -0.4 is 17.0 Å². The number of anilines is 1. The first-order valence-corrected chi connectivity index (χ1v) is 6.52. The third kappa shape index (κ3) is 3.94. The Bertz CT molecular complexity index is 362. The van der Waals surface area contributed by atoms with Crippen molar-refractivity contribution in [2.24, 2.45) is 5.84 Å². The van der Waals surface area contributed by atoms with Crippen LogP contribution in [0.15, 0.2) is 12.3 Å². The third-order valence-electron chi connectivity index (χ3n) is 3.29. The number of hydrogen-bond acceptors (Lipinski definition) is 5. The van der Waals surface area contributed by atoms with Crippen molar-refractivity contribution in [2.45, 2.75) is 33.2 Å². The van der Waals surface area contributed by atoms with E-state index in [4.69, 9.17) is 11.6 Å². The fraction of sp³-hybridized carbons (Fsp3) is 0.615. The molecule has 1 aromatic rings. The summed E-state index contributed by atoms with van der Waals surface area (Å²) in [5, 5.41) is 0. The minimum atomic E-state index is 0.0537. The van der Waals surface area contributed by atoms with E-state index in [0.717, 1.165) is 37.2 Å².